The van der Waals surface area contributed by atoms with Crippen LogP contribution in [0.4, 0.5) is 4.39 Å². The number of carbonyl (C=O) groups is 1. The molecule has 1 atom stereocenters. The average Bonchev–Trinajstić information content (AvgIpc) is 3.00. The highest BCUT2D eigenvalue weighted by molar-refractivity contribution is 5.76. The van der Waals surface area contributed by atoms with Crippen LogP contribution in [0.2, 0.25) is 0 Å². The molecule has 0 saturated heterocycles. The molecular weight excluding hydrogens is 337 g/mol. The molecular formula is C19H24FN3O3. The normalized spacial score (nSPS) is 20.3. The second-order valence-electron chi connectivity index (χ2n) is 6.77. The Morgan fingerprint density at radius 1 is 1.46 bits per heavy atom. The third kappa shape index (κ3) is 4.04. The first-order valence-electron chi connectivity index (χ1n) is 8.77. The maximum atomic E-state index is 14.1. The van der Waals surface area contributed by atoms with Crippen LogP contribution in [0.15, 0.2) is 30.5 Å². The van der Waals surface area contributed by atoms with Crippen LogP contribution in [0.1, 0.15) is 36.6 Å². The highest BCUT2D eigenvalue weighted by Crippen LogP contribution is 2.39. The minimum atomic E-state index is -0.462. The second kappa shape index (κ2) is 7.86. The minimum absolute atomic E-state index is 0.0909. The number of ether oxygens (including phenoxy) is 1. The number of aromatic nitrogens is 2. The Balaban J connectivity index is 1.69. The number of benzene rings is 1. The van der Waals surface area contributed by atoms with Crippen molar-refractivity contribution in [3.63, 3.8) is 0 Å². The zero-order valence-corrected chi connectivity index (χ0v) is 15.0. The Kier molecular flexibility index (Phi) is 5.56. The van der Waals surface area contributed by atoms with E-state index in [0.717, 1.165) is 5.69 Å². The number of nitrogens with one attached hydrogen (secondary N) is 1. The number of methoxy groups -OCH3 is 1. The van der Waals surface area contributed by atoms with Crippen LogP contribution in [0.3, 0.4) is 0 Å². The molecule has 6 nitrogen and oxygen atoms in total. The molecule has 2 aromatic rings. The molecule has 7 heteroatoms. The number of aliphatic hydroxyl groups is 1. The number of halogens is 1. The number of hydrogen-bond acceptors (Lipinski definition) is 4. The molecule has 1 heterocycles. The van der Waals surface area contributed by atoms with E-state index >= 15 is 0 Å². The van der Waals surface area contributed by atoms with Gasteiger partial charge in [-0.25, -0.2) is 4.39 Å². The molecule has 0 bridgehead atoms. The zero-order valence-electron chi connectivity index (χ0n) is 15.0. The fourth-order valence-electron chi connectivity index (χ4n) is 3.34. The fourth-order valence-corrected chi connectivity index (χ4v) is 3.34. The molecule has 3 rings (SSSR count). The second-order valence-corrected chi connectivity index (χ2v) is 6.77. The van der Waals surface area contributed by atoms with Gasteiger partial charge >= 0.3 is 0 Å². The van der Waals surface area contributed by atoms with Gasteiger partial charge in [0, 0.05) is 24.9 Å². The lowest BCUT2D eigenvalue weighted by atomic mass is 9.75. The van der Waals surface area contributed by atoms with Gasteiger partial charge in [-0.05, 0) is 49.4 Å². The van der Waals surface area contributed by atoms with Crippen LogP contribution in [0.5, 0.6) is 5.75 Å². The van der Waals surface area contributed by atoms with Gasteiger partial charge in [0.05, 0.1) is 19.3 Å². The number of aryl methyl sites for hydroxylation is 2. The molecule has 1 aliphatic carbocycles. The molecule has 0 spiro atoms. The molecule has 0 unspecified atom stereocenters. The monoisotopic (exact) mass is 361 g/mol. The Morgan fingerprint density at radius 3 is 2.81 bits per heavy atom. The van der Waals surface area contributed by atoms with E-state index in [2.05, 4.69) is 10.4 Å². The van der Waals surface area contributed by atoms with Gasteiger partial charge in [0.2, 0.25) is 5.91 Å². The van der Waals surface area contributed by atoms with Crippen molar-refractivity contribution in [2.24, 2.45) is 5.92 Å². The largest absolute Gasteiger partial charge is 0.494 e. The molecule has 1 aliphatic rings. The lowest BCUT2D eigenvalue weighted by Crippen LogP contribution is -2.41. The number of amides is 1. The summed E-state index contributed by atoms with van der Waals surface area (Å²) in [5, 5.41) is 16.8. The van der Waals surface area contributed by atoms with Crippen LogP contribution in [0, 0.1) is 18.7 Å². The average molecular weight is 361 g/mol. The van der Waals surface area contributed by atoms with Crippen molar-refractivity contribution >= 4 is 5.91 Å². The molecule has 0 aliphatic heterocycles. The van der Waals surface area contributed by atoms with Crippen molar-refractivity contribution in [3.8, 4) is 5.75 Å². The first-order chi connectivity index (χ1) is 12.5. The number of carbonyl (C=O) groups excluding carboxylic acids is 1. The van der Waals surface area contributed by atoms with Crippen LogP contribution >= 0.6 is 0 Å². The maximum absolute atomic E-state index is 14.1. The Morgan fingerprint density at radius 2 is 2.23 bits per heavy atom. The third-order valence-corrected chi connectivity index (χ3v) is 4.95. The summed E-state index contributed by atoms with van der Waals surface area (Å²) in [5.41, 5.74) is 1.68. The molecule has 1 fully saturated rings. The predicted molar refractivity (Wildman–Crippen MR) is 94.1 cm³/mol. The maximum Gasteiger partial charge on any atom is 0.222 e. The summed E-state index contributed by atoms with van der Waals surface area (Å²) >= 11 is 0. The topological polar surface area (TPSA) is 76.4 Å². The van der Waals surface area contributed by atoms with E-state index in [9.17, 15) is 14.3 Å². The molecule has 2 N–H and O–H groups in total. The van der Waals surface area contributed by atoms with E-state index in [1.54, 1.807) is 23.0 Å². The Bertz CT molecular complexity index is 771. The van der Waals surface area contributed by atoms with Crippen molar-refractivity contribution < 1.29 is 19.0 Å². The summed E-state index contributed by atoms with van der Waals surface area (Å²) in [7, 11) is 1.41. The fraction of sp³-hybridized carbons (Fsp3) is 0.474. The first kappa shape index (κ1) is 18.4. The highest BCUT2D eigenvalue weighted by Gasteiger charge is 2.36. The van der Waals surface area contributed by atoms with Gasteiger partial charge in [0.25, 0.3) is 0 Å². The van der Waals surface area contributed by atoms with Crippen LogP contribution in [-0.2, 0) is 11.3 Å². The molecule has 1 amide bonds. The van der Waals surface area contributed by atoms with Gasteiger partial charge in [-0.3, -0.25) is 9.48 Å². The van der Waals surface area contributed by atoms with Gasteiger partial charge in [0.15, 0.2) is 11.6 Å². The standard InChI is InChI=1S/C19H24FN3O3/c1-12-5-7-21-23(12)8-6-18(25)22-19(14-9-15(24)10-14)13-3-4-17(26-2)16(20)11-13/h3-5,7,11,14-15,19,24H,6,8-10H2,1-2H3,(H,22,25)/t14?,15?,19-/m0/s1. The lowest BCUT2D eigenvalue weighted by molar-refractivity contribution is -0.123. The smallest absolute Gasteiger partial charge is 0.222 e. The van der Waals surface area contributed by atoms with Gasteiger partial charge in [0.1, 0.15) is 0 Å². The molecule has 1 aromatic heterocycles. The van der Waals surface area contributed by atoms with Crippen molar-refractivity contribution in [1.82, 2.24) is 15.1 Å². The quantitative estimate of drug-likeness (QED) is 0.794. The van der Waals surface area contributed by atoms with E-state index < -0.39 is 5.82 Å². The summed E-state index contributed by atoms with van der Waals surface area (Å²) in [6.45, 7) is 2.42. The molecule has 26 heavy (non-hydrogen) atoms. The summed E-state index contributed by atoms with van der Waals surface area (Å²) < 4.78 is 20.8. The predicted octanol–water partition coefficient (Wildman–Crippen LogP) is 2.36. The van der Waals surface area contributed by atoms with Crippen LogP contribution < -0.4 is 10.1 Å². The van der Waals surface area contributed by atoms with Crippen molar-refractivity contribution in [1.29, 1.82) is 0 Å². The van der Waals surface area contributed by atoms with E-state index in [-0.39, 0.29) is 36.1 Å². The molecule has 140 valence electrons. The van der Waals surface area contributed by atoms with Crippen molar-refractivity contribution in [2.45, 2.75) is 44.9 Å². The van der Waals surface area contributed by atoms with Crippen LogP contribution in [-0.4, -0.2) is 34.0 Å². The van der Waals surface area contributed by atoms with Crippen molar-refractivity contribution in [2.75, 3.05) is 7.11 Å². The summed E-state index contributed by atoms with van der Waals surface area (Å²) in [5.74, 6) is -0.325. The molecule has 0 radical (unpaired) electrons. The zero-order chi connectivity index (χ0) is 18.7. The Labute approximate surface area is 152 Å². The SMILES string of the molecule is COc1ccc([C@H](NC(=O)CCn2nccc2C)C2CC(O)C2)cc1F. The molecule has 1 aromatic carbocycles. The summed E-state index contributed by atoms with van der Waals surface area (Å²) in [6.07, 6.45) is 2.82. The third-order valence-electron chi connectivity index (χ3n) is 4.95. The molecule has 1 saturated carbocycles. The van der Waals surface area contributed by atoms with E-state index in [1.807, 2.05) is 13.0 Å². The number of rotatable bonds is 7. The Hall–Kier alpha value is -2.41. The van der Waals surface area contributed by atoms with E-state index in [1.165, 1.54) is 13.2 Å². The van der Waals surface area contributed by atoms with Crippen LogP contribution in [0.25, 0.3) is 0 Å². The summed E-state index contributed by atoms with van der Waals surface area (Å²) in [6, 6.07) is 6.27. The number of nitrogens with zero attached hydrogens (tertiary/aromatic N) is 2. The lowest BCUT2D eigenvalue weighted by Gasteiger charge is -2.38. The van der Waals surface area contributed by atoms with Gasteiger partial charge in [-0.2, -0.15) is 5.10 Å². The van der Waals surface area contributed by atoms with Gasteiger partial charge < -0.3 is 15.2 Å². The summed E-state index contributed by atoms with van der Waals surface area (Å²) in [4.78, 5) is 12.4. The first-order valence-corrected chi connectivity index (χ1v) is 8.77. The minimum Gasteiger partial charge on any atom is -0.494 e. The van der Waals surface area contributed by atoms with Gasteiger partial charge in [-0.15, -0.1) is 0 Å². The number of aliphatic hydroxyl groups excluding tert-OH is 1. The van der Waals surface area contributed by atoms with Crippen molar-refractivity contribution in [3.05, 3.63) is 47.5 Å². The van der Waals surface area contributed by atoms with Gasteiger partial charge in [-0.1, -0.05) is 6.07 Å². The highest BCUT2D eigenvalue weighted by atomic mass is 19.1. The van der Waals surface area contributed by atoms with E-state index in [0.29, 0.717) is 24.9 Å². The number of hydrogen-bond donors (Lipinski definition) is 2. The van der Waals surface area contributed by atoms with E-state index in [4.69, 9.17) is 4.74 Å².